The molecule has 0 unspecified atom stereocenters. The van der Waals surface area contributed by atoms with Crippen molar-refractivity contribution < 1.29 is 13.3 Å². The number of benzene rings is 1. The fourth-order valence-electron chi connectivity index (χ4n) is 1.33. The van der Waals surface area contributed by atoms with Gasteiger partial charge in [-0.2, -0.15) is 0 Å². The molecule has 0 bridgehead atoms. The van der Waals surface area contributed by atoms with E-state index in [1.807, 2.05) is 35.2 Å². The lowest BCUT2D eigenvalue weighted by molar-refractivity contribution is 0.0795. The van der Waals surface area contributed by atoms with Gasteiger partial charge < -0.3 is 0 Å². The van der Waals surface area contributed by atoms with Crippen LogP contribution in [-0.4, -0.2) is 13.4 Å². The summed E-state index contributed by atoms with van der Waals surface area (Å²) in [6.45, 7) is 0.140. The quantitative estimate of drug-likeness (QED) is 0.678. The average molecular weight is 299 g/mol. The van der Waals surface area contributed by atoms with Crippen LogP contribution in [0.1, 0.15) is 5.56 Å². The van der Waals surface area contributed by atoms with Crippen LogP contribution in [0.5, 0.6) is 0 Å². The van der Waals surface area contributed by atoms with Crippen molar-refractivity contribution in [3.8, 4) is 0 Å². The Morgan fingerprint density at radius 2 is 1.89 bits per heavy atom. The molecule has 1 heterocycles. The van der Waals surface area contributed by atoms with Gasteiger partial charge >= 0.3 is 0 Å². The first-order valence-corrected chi connectivity index (χ1v) is 7.23. The number of sulfonamides is 1. The van der Waals surface area contributed by atoms with Crippen LogP contribution in [0.4, 0.5) is 0 Å². The molecule has 5 nitrogen and oxygen atoms in total. The molecular formula is C12H11ClN2O3S. The topological polar surface area (TPSA) is 68.3 Å². The lowest BCUT2D eigenvalue weighted by atomic mass is 10.2. The standard InChI is InChI=1S/C12H11ClN2O3S/c13-12-7-6-11(8-14-12)19(16,17)15-18-9-10-4-2-1-3-5-10/h1-8,15H,9H2. The van der Waals surface area contributed by atoms with Crippen molar-refractivity contribution in [3.05, 3.63) is 59.4 Å². The number of rotatable bonds is 5. The van der Waals surface area contributed by atoms with Crippen LogP contribution in [0.3, 0.4) is 0 Å². The van der Waals surface area contributed by atoms with E-state index in [2.05, 4.69) is 4.98 Å². The fraction of sp³-hybridized carbons (Fsp3) is 0.0833. The Labute approximate surface area is 116 Å². The minimum atomic E-state index is -3.74. The summed E-state index contributed by atoms with van der Waals surface area (Å²) in [5.74, 6) is 0. The molecule has 0 saturated heterocycles. The van der Waals surface area contributed by atoms with Crippen molar-refractivity contribution in [2.24, 2.45) is 0 Å². The first-order chi connectivity index (χ1) is 9.08. The molecule has 1 aromatic carbocycles. The van der Waals surface area contributed by atoms with E-state index in [4.69, 9.17) is 16.4 Å². The lowest BCUT2D eigenvalue weighted by Crippen LogP contribution is -2.24. The first-order valence-electron chi connectivity index (χ1n) is 5.37. The smallest absolute Gasteiger partial charge is 0.264 e. The minimum absolute atomic E-state index is 0.00929. The van der Waals surface area contributed by atoms with Gasteiger partial charge in [-0.25, -0.2) is 13.4 Å². The van der Waals surface area contributed by atoms with E-state index in [1.54, 1.807) is 0 Å². The molecule has 100 valence electrons. The van der Waals surface area contributed by atoms with Gasteiger partial charge in [0.1, 0.15) is 10.0 Å². The molecule has 0 aliphatic carbocycles. The molecule has 2 aromatic rings. The number of pyridine rings is 1. The number of halogens is 1. The van der Waals surface area contributed by atoms with Gasteiger partial charge in [-0.3, -0.25) is 4.84 Å². The van der Waals surface area contributed by atoms with Crippen molar-refractivity contribution in [1.82, 2.24) is 9.87 Å². The second-order valence-electron chi connectivity index (χ2n) is 3.68. The largest absolute Gasteiger partial charge is 0.282 e. The Kier molecular flexibility index (Phi) is 4.49. The lowest BCUT2D eigenvalue weighted by Gasteiger charge is -2.07. The highest BCUT2D eigenvalue weighted by Crippen LogP contribution is 2.10. The van der Waals surface area contributed by atoms with E-state index in [1.165, 1.54) is 12.1 Å². The van der Waals surface area contributed by atoms with E-state index in [0.717, 1.165) is 11.8 Å². The highest BCUT2D eigenvalue weighted by atomic mass is 35.5. The van der Waals surface area contributed by atoms with Crippen LogP contribution >= 0.6 is 11.6 Å². The molecule has 7 heteroatoms. The average Bonchev–Trinajstić information content (AvgIpc) is 2.40. The van der Waals surface area contributed by atoms with Crippen molar-refractivity contribution in [1.29, 1.82) is 0 Å². The van der Waals surface area contributed by atoms with E-state index in [-0.39, 0.29) is 16.7 Å². The Morgan fingerprint density at radius 3 is 2.53 bits per heavy atom. The van der Waals surface area contributed by atoms with E-state index in [0.29, 0.717) is 0 Å². The van der Waals surface area contributed by atoms with Crippen molar-refractivity contribution in [3.63, 3.8) is 0 Å². The Hall–Kier alpha value is -1.47. The van der Waals surface area contributed by atoms with Gasteiger partial charge in [0.25, 0.3) is 10.0 Å². The molecule has 0 fully saturated rings. The minimum Gasteiger partial charge on any atom is -0.282 e. The van der Waals surface area contributed by atoms with E-state index >= 15 is 0 Å². The molecule has 19 heavy (non-hydrogen) atoms. The summed E-state index contributed by atoms with van der Waals surface area (Å²) in [5, 5.41) is 0.226. The van der Waals surface area contributed by atoms with Crippen molar-refractivity contribution in [2.75, 3.05) is 0 Å². The summed E-state index contributed by atoms with van der Waals surface area (Å²) < 4.78 is 23.6. The van der Waals surface area contributed by atoms with Crippen LogP contribution in [0, 0.1) is 0 Å². The van der Waals surface area contributed by atoms with Gasteiger partial charge in [0.05, 0.1) is 6.61 Å². The van der Waals surface area contributed by atoms with Crippen LogP contribution in [0.15, 0.2) is 53.6 Å². The number of aromatic nitrogens is 1. The van der Waals surface area contributed by atoms with Crippen molar-refractivity contribution >= 4 is 21.6 Å². The molecule has 0 aliphatic rings. The van der Waals surface area contributed by atoms with Crippen LogP contribution < -0.4 is 4.89 Å². The summed E-state index contributed by atoms with van der Waals surface area (Å²) >= 11 is 5.59. The van der Waals surface area contributed by atoms with Gasteiger partial charge in [-0.15, -0.1) is 0 Å². The summed E-state index contributed by atoms with van der Waals surface area (Å²) in [6.07, 6.45) is 1.16. The summed E-state index contributed by atoms with van der Waals surface area (Å²) in [7, 11) is -3.74. The maximum absolute atomic E-state index is 11.8. The molecule has 0 spiro atoms. The van der Waals surface area contributed by atoms with Crippen LogP contribution in [-0.2, 0) is 21.5 Å². The van der Waals surface area contributed by atoms with Crippen LogP contribution in [0.25, 0.3) is 0 Å². The third kappa shape index (κ3) is 4.00. The maximum atomic E-state index is 11.8. The predicted molar refractivity (Wildman–Crippen MR) is 70.8 cm³/mol. The normalized spacial score (nSPS) is 11.4. The molecule has 1 N–H and O–H groups in total. The van der Waals surface area contributed by atoms with Gasteiger partial charge in [0.2, 0.25) is 0 Å². The molecule has 2 rings (SSSR count). The number of hydrogen-bond donors (Lipinski definition) is 1. The number of hydrogen-bond acceptors (Lipinski definition) is 4. The highest BCUT2D eigenvalue weighted by molar-refractivity contribution is 7.89. The van der Waals surface area contributed by atoms with Gasteiger partial charge in [-0.1, -0.05) is 46.8 Å². The summed E-state index contributed by atoms with van der Waals surface area (Å²) in [4.78, 5) is 10.7. The molecular weight excluding hydrogens is 288 g/mol. The second-order valence-corrected chi connectivity index (χ2v) is 5.71. The number of nitrogens with one attached hydrogen (secondary N) is 1. The monoisotopic (exact) mass is 298 g/mol. The maximum Gasteiger partial charge on any atom is 0.264 e. The molecule has 0 aliphatic heterocycles. The second kappa shape index (κ2) is 6.12. The molecule has 0 amide bonds. The zero-order chi connectivity index (χ0) is 13.7. The zero-order valence-electron chi connectivity index (χ0n) is 9.78. The Bertz CT molecular complexity index is 630. The van der Waals surface area contributed by atoms with E-state index in [9.17, 15) is 8.42 Å². The fourth-order valence-corrected chi connectivity index (χ4v) is 2.19. The third-order valence-electron chi connectivity index (χ3n) is 2.26. The summed E-state index contributed by atoms with van der Waals surface area (Å²) in [6, 6.07) is 12.0. The Morgan fingerprint density at radius 1 is 1.16 bits per heavy atom. The Balaban J connectivity index is 1.97. The first kappa shape index (κ1) is 14.0. The molecule has 0 saturated carbocycles. The number of nitrogens with zero attached hydrogens (tertiary/aromatic N) is 1. The van der Waals surface area contributed by atoms with Gasteiger partial charge in [0, 0.05) is 6.20 Å². The van der Waals surface area contributed by atoms with Crippen LogP contribution in [0.2, 0.25) is 5.15 Å². The molecule has 1 aromatic heterocycles. The highest BCUT2D eigenvalue weighted by Gasteiger charge is 2.14. The SMILES string of the molecule is O=S(=O)(NOCc1ccccc1)c1ccc(Cl)nc1. The molecule has 0 radical (unpaired) electrons. The molecule has 0 atom stereocenters. The van der Waals surface area contributed by atoms with Gasteiger partial charge in [-0.05, 0) is 17.7 Å². The van der Waals surface area contributed by atoms with E-state index < -0.39 is 10.0 Å². The van der Waals surface area contributed by atoms with Gasteiger partial charge in [0.15, 0.2) is 0 Å². The predicted octanol–water partition coefficient (Wildman–Crippen LogP) is 2.15. The van der Waals surface area contributed by atoms with Crippen molar-refractivity contribution in [2.45, 2.75) is 11.5 Å². The zero-order valence-corrected chi connectivity index (χ0v) is 11.4. The summed E-state index contributed by atoms with van der Waals surface area (Å²) in [5.41, 5.74) is 0.861. The third-order valence-corrected chi connectivity index (χ3v) is 3.68.